The number of nitrogens with zero attached hydrogens (tertiary/aromatic N) is 2. The van der Waals surface area contributed by atoms with Crippen LogP contribution in [0.25, 0.3) is 10.2 Å². The summed E-state index contributed by atoms with van der Waals surface area (Å²) < 4.78 is 0. The molecule has 6 heteroatoms. The van der Waals surface area contributed by atoms with Crippen molar-refractivity contribution in [3.8, 4) is 0 Å². The fourth-order valence-electron chi connectivity index (χ4n) is 2.44. The minimum absolute atomic E-state index is 0.122. The second kappa shape index (κ2) is 5.62. The highest BCUT2D eigenvalue weighted by atomic mass is 32.1. The third-order valence-electron chi connectivity index (χ3n) is 3.82. The number of aromatic nitrogens is 2. The number of benzene rings is 1. The first-order valence-corrected chi connectivity index (χ1v) is 8.40. The average molecular weight is 324 g/mol. The molecule has 1 fully saturated rings. The lowest BCUT2D eigenvalue weighted by Crippen LogP contribution is -2.13. The van der Waals surface area contributed by atoms with E-state index in [4.69, 9.17) is 0 Å². The van der Waals surface area contributed by atoms with Gasteiger partial charge in [-0.25, -0.2) is 9.97 Å². The van der Waals surface area contributed by atoms with E-state index in [0.29, 0.717) is 0 Å². The molecule has 0 unspecified atom stereocenters. The van der Waals surface area contributed by atoms with Crippen LogP contribution in [0.5, 0.6) is 0 Å². The summed E-state index contributed by atoms with van der Waals surface area (Å²) in [6, 6.07) is 9.78. The lowest BCUT2D eigenvalue weighted by Gasteiger charge is -2.08. The number of anilines is 3. The first-order valence-electron chi connectivity index (χ1n) is 7.58. The van der Waals surface area contributed by atoms with Gasteiger partial charge in [-0.05, 0) is 50.1 Å². The van der Waals surface area contributed by atoms with E-state index in [-0.39, 0.29) is 11.8 Å². The van der Waals surface area contributed by atoms with Gasteiger partial charge in [0.25, 0.3) is 0 Å². The van der Waals surface area contributed by atoms with E-state index in [1.807, 2.05) is 24.3 Å². The van der Waals surface area contributed by atoms with Crippen LogP contribution in [0.15, 0.2) is 36.7 Å². The van der Waals surface area contributed by atoms with Gasteiger partial charge in [0.1, 0.15) is 17.0 Å². The molecule has 116 valence electrons. The summed E-state index contributed by atoms with van der Waals surface area (Å²) in [4.78, 5) is 22.6. The monoisotopic (exact) mass is 324 g/mol. The number of fused-ring (bicyclic) bond motifs is 1. The van der Waals surface area contributed by atoms with Crippen LogP contribution in [0.2, 0.25) is 0 Å². The molecule has 1 aromatic carbocycles. The minimum Gasteiger partial charge on any atom is -0.340 e. The molecule has 0 bridgehead atoms. The second-order valence-corrected chi connectivity index (χ2v) is 7.00. The van der Waals surface area contributed by atoms with E-state index in [1.165, 1.54) is 4.88 Å². The first-order chi connectivity index (χ1) is 11.2. The number of hydrogen-bond acceptors (Lipinski definition) is 5. The standard InChI is InChI=1S/C17H16N4OS/c1-10-8-14-15(18-9-19-17(14)23-10)20-12-4-6-13(7-5-12)21-16(22)11-2-3-11/h4-9,11H,2-3H2,1H3,(H,21,22)(H,18,19,20). The highest BCUT2D eigenvalue weighted by Gasteiger charge is 2.29. The molecule has 0 atom stereocenters. The molecule has 2 N–H and O–H groups in total. The molecule has 0 aliphatic heterocycles. The van der Waals surface area contributed by atoms with E-state index >= 15 is 0 Å². The quantitative estimate of drug-likeness (QED) is 0.758. The van der Waals surface area contributed by atoms with Crippen LogP contribution < -0.4 is 10.6 Å². The highest BCUT2D eigenvalue weighted by molar-refractivity contribution is 7.18. The second-order valence-electron chi connectivity index (χ2n) is 5.76. The Morgan fingerprint density at radius 3 is 2.65 bits per heavy atom. The van der Waals surface area contributed by atoms with Crippen molar-refractivity contribution < 1.29 is 4.79 Å². The number of aryl methyl sites for hydroxylation is 1. The number of thiophene rings is 1. The maximum absolute atomic E-state index is 11.8. The minimum atomic E-state index is 0.122. The molecule has 23 heavy (non-hydrogen) atoms. The SMILES string of the molecule is Cc1cc2c(Nc3ccc(NC(=O)C4CC4)cc3)ncnc2s1. The van der Waals surface area contributed by atoms with Gasteiger partial charge < -0.3 is 10.6 Å². The fraction of sp³-hybridized carbons (Fsp3) is 0.235. The number of rotatable bonds is 4. The number of amides is 1. The third-order valence-corrected chi connectivity index (χ3v) is 4.77. The number of hydrogen-bond donors (Lipinski definition) is 2. The summed E-state index contributed by atoms with van der Waals surface area (Å²) in [5, 5.41) is 7.28. The highest BCUT2D eigenvalue weighted by Crippen LogP contribution is 2.31. The van der Waals surface area contributed by atoms with Crippen LogP contribution in [0.1, 0.15) is 17.7 Å². The summed E-state index contributed by atoms with van der Waals surface area (Å²) in [5.41, 5.74) is 1.75. The van der Waals surface area contributed by atoms with E-state index in [1.54, 1.807) is 17.7 Å². The normalized spacial score (nSPS) is 14.0. The molecule has 1 aliphatic rings. The largest absolute Gasteiger partial charge is 0.340 e. The Labute approximate surface area is 137 Å². The molecule has 2 aromatic heterocycles. The first kappa shape index (κ1) is 14.1. The van der Waals surface area contributed by atoms with Gasteiger partial charge in [0, 0.05) is 22.2 Å². The third kappa shape index (κ3) is 3.03. The van der Waals surface area contributed by atoms with Crippen LogP contribution in [0.4, 0.5) is 17.2 Å². The molecule has 1 saturated carbocycles. The number of carbonyl (C=O) groups excluding carboxylic acids is 1. The van der Waals surface area contributed by atoms with Crippen molar-refractivity contribution in [2.75, 3.05) is 10.6 Å². The van der Waals surface area contributed by atoms with Crippen LogP contribution in [0.3, 0.4) is 0 Å². The van der Waals surface area contributed by atoms with E-state index < -0.39 is 0 Å². The molecule has 0 spiro atoms. The average Bonchev–Trinajstić information content (AvgIpc) is 3.31. The van der Waals surface area contributed by atoms with Crippen molar-refractivity contribution in [1.82, 2.24) is 9.97 Å². The zero-order valence-electron chi connectivity index (χ0n) is 12.7. The van der Waals surface area contributed by atoms with Gasteiger partial charge in [0.05, 0.1) is 5.39 Å². The van der Waals surface area contributed by atoms with Crippen molar-refractivity contribution in [2.45, 2.75) is 19.8 Å². The van der Waals surface area contributed by atoms with Gasteiger partial charge in [-0.15, -0.1) is 11.3 Å². The van der Waals surface area contributed by atoms with Crippen LogP contribution in [-0.4, -0.2) is 15.9 Å². The van der Waals surface area contributed by atoms with Crippen LogP contribution in [0, 0.1) is 12.8 Å². The zero-order chi connectivity index (χ0) is 15.8. The Kier molecular flexibility index (Phi) is 3.46. The van der Waals surface area contributed by atoms with E-state index in [0.717, 1.165) is 40.3 Å². The Bertz CT molecular complexity index is 868. The van der Waals surface area contributed by atoms with Crippen molar-refractivity contribution >= 4 is 44.7 Å². The lowest BCUT2D eigenvalue weighted by atomic mass is 10.2. The smallest absolute Gasteiger partial charge is 0.227 e. The molecule has 0 saturated heterocycles. The van der Waals surface area contributed by atoms with Gasteiger partial charge >= 0.3 is 0 Å². The summed E-state index contributed by atoms with van der Waals surface area (Å²) in [7, 11) is 0. The molecular formula is C17H16N4OS. The van der Waals surface area contributed by atoms with Crippen molar-refractivity contribution in [3.05, 3.63) is 41.5 Å². The lowest BCUT2D eigenvalue weighted by molar-refractivity contribution is -0.117. The van der Waals surface area contributed by atoms with E-state index in [9.17, 15) is 4.79 Å². The van der Waals surface area contributed by atoms with E-state index in [2.05, 4.69) is 33.6 Å². The fourth-order valence-corrected chi connectivity index (χ4v) is 3.29. The summed E-state index contributed by atoms with van der Waals surface area (Å²) in [5.74, 6) is 1.13. The molecule has 4 rings (SSSR count). The van der Waals surface area contributed by atoms with Crippen molar-refractivity contribution in [1.29, 1.82) is 0 Å². The molecule has 1 aliphatic carbocycles. The molecule has 2 heterocycles. The predicted octanol–water partition coefficient (Wildman–Crippen LogP) is 4.09. The van der Waals surface area contributed by atoms with Gasteiger partial charge in [-0.1, -0.05) is 0 Å². The molecule has 0 radical (unpaired) electrons. The molecule has 3 aromatic rings. The van der Waals surface area contributed by atoms with Crippen molar-refractivity contribution in [2.24, 2.45) is 5.92 Å². The summed E-state index contributed by atoms with van der Waals surface area (Å²) in [6.45, 7) is 2.06. The summed E-state index contributed by atoms with van der Waals surface area (Å²) in [6.07, 6.45) is 3.59. The number of carbonyl (C=O) groups is 1. The molecule has 1 amide bonds. The van der Waals surface area contributed by atoms with Crippen LogP contribution in [-0.2, 0) is 4.79 Å². The Morgan fingerprint density at radius 1 is 1.17 bits per heavy atom. The van der Waals surface area contributed by atoms with Gasteiger partial charge in [-0.3, -0.25) is 4.79 Å². The Hall–Kier alpha value is -2.47. The Balaban J connectivity index is 1.52. The Morgan fingerprint density at radius 2 is 1.91 bits per heavy atom. The molecular weight excluding hydrogens is 308 g/mol. The summed E-state index contributed by atoms with van der Waals surface area (Å²) >= 11 is 1.66. The molecule has 5 nitrogen and oxygen atoms in total. The predicted molar refractivity (Wildman–Crippen MR) is 93.2 cm³/mol. The van der Waals surface area contributed by atoms with Gasteiger partial charge in [-0.2, -0.15) is 0 Å². The van der Waals surface area contributed by atoms with Crippen molar-refractivity contribution in [3.63, 3.8) is 0 Å². The maximum atomic E-state index is 11.8. The topological polar surface area (TPSA) is 66.9 Å². The van der Waals surface area contributed by atoms with Crippen LogP contribution >= 0.6 is 11.3 Å². The number of nitrogens with one attached hydrogen (secondary N) is 2. The maximum Gasteiger partial charge on any atom is 0.227 e. The van der Waals surface area contributed by atoms with Gasteiger partial charge in [0.2, 0.25) is 5.91 Å². The van der Waals surface area contributed by atoms with Gasteiger partial charge in [0.15, 0.2) is 0 Å². The zero-order valence-corrected chi connectivity index (χ0v) is 13.5.